The zero-order valence-corrected chi connectivity index (χ0v) is 17.9. The monoisotopic (exact) mass is 443 g/mol. The number of amides is 1. The molecule has 3 aromatic carbocycles. The van der Waals surface area contributed by atoms with Crippen molar-refractivity contribution in [1.82, 2.24) is 10.0 Å². The molecular weight excluding hydrogens is 422 g/mol. The number of nitrogens with zero attached hydrogens (tertiary/aromatic N) is 2. The third-order valence-corrected chi connectivity index (χ3v) is 5.22. The van der Waals surface area contributed by atoms with E-state index in [4.69, 9.17) is 9.83 Å². The van der Waals surface area contributed by atoms with Gasteiger partial charge in [0.2, 0.25) is 0 Å². The Morgan fingerprint density at radius 1 is 0.939 bits per heavy atom. The van der Waals surface area contributed by atoms with E-state index in [0.29, 0.717) is 33.4 Å². The lowest BCUT2D eigenvalue weighted by molar-refractivity contribution is -0.0756. The predicted molar refractivity (Wildman–Crippen MR) is 124 cm³/mol. The summed E-state index contributed by atoms with van der Waals surface area (Å²) >= 11 is 0. The minimum atomic E-state index is -1.06. The molecule has 0 aliphatic carbocycles. The van der Waals surface area contributed by atoms with Crippen LogP contribution in [0.3, 0.4) is 0 Å². The second-order valence-electron chi connectivity index (χ2n) is 7.27. The molecular formula is C25H21N3O5. The van der Waals surface area contributed by atoms with Crippen molar-refractivity contribution in [2.75, 3.05) is 14.2 Å². The topological polar surface area (TPSA) is 115 Å². The number of aromatic carboxylic acids is 1. The van der Waals surface area contributed by atoms with Crippen LogP contribution in [0.1, 0.15) is 31.8 Å². The van der Waals surface area contributed by atoms with Gasteiger partial charge in [0.25, 0.3) is 5.91 Å². The smallest absolute Gasteiger partial charge is 0.335 e. The van der Waals surface area contributed by atoms with E-state index in [1.54, 1.807) is 30.3 Å². The standard InChI is InChI=1S/C25H21N3O5/c1-28(33-2)24(30)16-8-11-18(12-9-16)26-22(15-6-4-3-5-7-15)21-19-13-10-17(25(31)32)14-20(19)27-23(21)29/h3-14,27,29H,1-2H3,(H,31,32). The number of rotatable bonds is 6. The maximum Gasteiger partial charge on any atom is 0.335 e. The van der Waals surface area contributed by atoms with Gasteiger partial charge in [0, 0.05) is 29.1 Å². The van der Waals surface area contributed by atoms with E-state index in [1.807, 2.05) is 30.3 Å². The van der Waals surface area contributed by atoms with Gasteiger partial charge in [-0.25, -0.2) is 14.9 Å². The van der Waals surface area contributed by atoms with Crippen molar-refractivity contribution in [2.24, 2.45) is 4.99 Å². The molecule has 0 fully saturated rings. The maximum absolute atomic E-state index is 12.3. The van der Waals surface area contributed by atoms with Crippen LogP contribution < -0.4 is 0 Å². The Kier molecular flexibility index (Phi) is 5.93. The number of nitrogens with one attached hydrogen (secondary N) is 1. The van der Waals surface area contributed by atoms with Gasteiger partial charge in [-0.05, 0) is 36.4 Å². The van der Waals surface area contributed by atoms with Gasteiger partial charge in [-0.15, -0.1) is 0 Å². The van der Waals surface area contributed by atoms with Crippen LogP contribution in [-0.2, 0) is 4.84 Å². The van der Waals surface area contributed by atoms with Crippen LogP contribution >= 0.6 is 0 Å². The molecule has 8 heteroatoms. The van der Waals surface area contributed by atoms with Gasteiger partial charge >= 0.3 is 5.97 Å². The van der Waals surface area contributed by atoms with Crippen LogP contribution in [0.15, 0.2) is 77.8 Å². The van der Waals surface area contributed by atoms with Crippen LogP contribution in [0.4, 0.5) is 5.69 Å². The number of benzene rings is 3. The SMILES string of the molecule is CON(C)C(=O)c1ccc(N=C(c2ccccc2)c2c(O)[nH]c3cc(C(=O)O)ccc23)cc1. The van der Waals surface area contributed by atoms with Crippen molar-refractivity contribution in [1.29, 1.82) is 0 Å². The molecule has 0 saturated carbocycles. The normalized spacial score (nSPS) is 11.5. The highest BCUT2D eigenvalue weighted by Gasteiger charge is 2.20. The van der Waals surface area contributed by atoms with Crippen LogP contribution in [0.2, 0.25) is 0 Å². The van der Waals surface area contributed by atoms with E-state index < -0.39 is 5.97 Å². The van der Waals surface area contributed by atoms with E-state index in [0.717, 1.165) is 10.6 Å². The molecule has 0 saturated heterocycles. The number of hydrogen-bond donors (Lipinski definition) is 3. The number of aromatic amines is 1. The molecule has 0 unspecified atom stereocenters. The summed E-state index contributed by atoms with van der Waals surface area (Å²) in [6.07, 6.45) is 0. The molecule has 33 heavy (non-hydrogen) atoms. The molecule has 0 spiro atoms. The Hall–Kier alpha value is -4.43. The predicted octanol–water partition coefficient (Wildman–Crippen LogP) is 4.37. The summed E-state index contributed by atoms with van der Waals surface area (Å²) < 4.78 is 0. The minimum absolute atomic E-state index is 0.106. The average molecular weight is 443 g/mol. The third kappa shape index (κ3) is 4.32. The number of aliphatic imine (C=N–C) groups is 1. The number of carboxylic acids is 1. The second kappa shape index (κ2) is 8.97. The lowest BCUT2D eigenvalue weighted by Crippen LogP contribution is -2.25. The first-order chi connectivity index (χ1) is 15.9. The van der Waals surface area contributed by atoms with Crippen molar-refractivity contribution in [3.63, 3.8) is 0 Å². The highest BCUT2D eigenvalue weighted by atomic mass is 16.7. The molecule has 3 N–H and O–H groups in total. The first kappa shape index (κ1) is 21.8. The first-order valence-electron chi connectivity index (χ1n) is 10.0. The molecule has 166 valence electrons. The van der Waals surface area contributed by atoms with E-state index in [9.17, 15) is 19.8 Å². The zero-order valence-electron chi connectivity index (χ0n) is 17.9. The minimum Gasteiger partial charge on any atom is -0.494 e. The summed E-state index contributed by atoms with van der Waals surface area (Å²) in [5.74, 6) is -1.47. The Bertz CT molecular complexity index is 1360. The van der Waals surface area contributed by atoms with E-state index in [2.05, 4.69) is 4.98 Å². The molecule has 1 heterocycles. The van der Waals surface area contributed by atoms with Crippen molar-refractivity contribution >= 4 is 34.2 Å². The van der Waals surface area contributed by atoms with Gasteiger partial charge in [0.15, 0.2) is 5.88 Å². The summed E-state index contributed by atoms with van der Waals surface area (Å²) in [4.78, 5) is 36.2. The van der Waals surface area contributed by atoms with Crippen LogP contribution in [0.5, 0.6) is 5.88 Å². The fourth-order valence-electron chi connectivity index (χ4n) is 3.49. The van der Waals surface area contributed by atoms with Crippen molar-refractivity contribution < 1.29 is 24.6 Å². The van der Waals surface area contributed by atoms with Gasteiger partial charge < -0.3 is 15.2 Å². The summed E-state index contributed by atoms with van der Waals surface area (Å²) in [6.45, 7) is 0. The van der Waals surface area contributed by atoms with Crippen LogP contribution in [0.25, 0.3) is 10.9 Å². The molecule has 8 nitrogen and oxygen atoms in total. The zero-order chi connectivity index (χ0) is 23.5. The highest BCUT2D eigenvalue weighted by molar-refractivity contribution is 6.22. The number of carbonyl (C=O) groups excluding carboxylic acids is 1. The van der Waals surface area contributed by atoms with Crippen molar-refractivity contribution in [3.05, 3.63) is 95.1 Å². The Labute approximate surface area is 189 Å². The fraction of sp³-hybridized carbons (Fsp3) is 0.0800. The Morgan fingerprint density at radius 3 is 2.24 bits per heavy atom. The maximum atomic E-state index is 12.3. The first-order valence-corrected chi connectivity index (χ1v) is 10.0. The van der Waals surface area contributed by atoms with Crippen LogP contribution in [-0.4, -0.2) is 52.0 Å². The van der Waals surface area contributed by atoms with Gasteiger partial charge in [-0.1, -0.05) is 36.4 Å². The fourth-order valence-corrected chi connectivity index (χ4v) is 3.49. The number of carbonyl (C=O) groups is 2. The number of hydroxylamine groups is 2. The van der Waals surface area contributed by atoms with Crippen LogP contribution in [0, 0.1) is 0 Å². The third-order valence-electron chi connectivity index (χ3n) is 5.22. The van der Waals surface area contributed by atoms with Gasteiger partial charge in [-0.2, -0.15) is 0 Å². The molecule has 4 aromatic rings. The molecule has 0 radical (unpaired) electrons. The number of aromatic nitrogens is 1. The average Bonchev–Trinajstić information content (AvgIpc) is 3.17. The molecule has 0 aliphatic heterocycles. The van der Waals surface area contributed by atoms with Gasteiger partial charge in [-0.3, -0.25) is 9.63 Å². The highest BCUT2D eigenvalue weighted by Crippen LogP contribution is 2.32. The van der Waals surface area contributed by atoms with Crippen molar-refractivity contribution in [2.45, 2.75) is 0 Å². The quantitative estimate of drug-likeness (QED) is 0.302. The number of aromatic hydroxyl groups is 1. The van der Waals surface area contributed by atoms with Gasteiger partial charge in [0.05, 0.1) is 29.6 Å². The number of H-pyrrole nitrogens is 1. The van der Waals surface area contributed by atoms with E-state index in [1.165, 1.54) is 26.3 Å². The van der Waals surface area contributed by atoms with Crippen molar-refractivity contribution in [3.8, 4) is 5.88 Å². The molecule has 0 aliphatic rings. The number of hydrogen-bond acceptors (Lipinski definition) is 5. The second-order valence-corrected chi connectivity index (χ2v) is 7.27. The molecule has 0 atom stereocenters. The lowest BCUT2D eigenvalue weighted by Gasteiger charge is -2.13. The summed E-state index contributed by atoms with van der Waals surface area (Å²) in [5, 5.41) is 21.8. The lowest BCUT2D eigenvalue weighted by atomic mass is 10.00. The van der Waals surface area contributed by atoms with E-state index >= 15 is 0 Å². The summed E-state index contributed by atoms with van der Waals surface area (Å²) in [7, 11) is 2.94. The number of carboxylic acid groups (broad SMARTS) is 1. The van der Waals surface area contributed by atoms with E-state index in [-0.39, 0.29) is 17.4 Å². The molecule has 4 rings (SSSR count). The molecule has 1 amide bonds. The number of fused-ring (bicyclic) bond motifs is 1. The Balaban J connectivity index is 1.84. The summed E-state index contributed by atoms with van der Waals surface area (Å²) in [5.41, 5.74) is 3.31. The molecule has 1 aromatic heterocycles. The Morgan fingerprint density at radius 2 is 1.61 bits per heavy atom. The van der Waals surface area contributed by atoms with Gasteiger partial charge in [0.1, 0.15) is 0 Å². The summed E-state index contributed by atoms with van der Waals surface area (Å²) in [6, 6.07) is 20.6. The largest absolute Gasteiger partial charge is 0.494 e. The molecule has 0 bridgehead atoms.